The zero-order valence-electron chi connectivity index (χ0n) is 13.1. The standard InChI is InChI=1S/C17H15NO7/c19-12(8-1-3-10(4-2-8)18(22)23)7-24-16(20)14-9-5-11-13(6-9)25-17(21)15(11)14/h1-4,9,11,13-15H,5-7H2/t9-,11-,13-,14-,15+/m1/s1. The summed E-state index contributed by atoms with van der Waals surface area (Å²) in [4.78, 5) is 46.4. The molecule has 0 N–H and O–H groups in total. The molecule has 1 heterocycles. The number of nitro benzene ring substituents is 1. The van der Waals surface area contributed by atoms with E-state index in [9.17, 15) is 24.5 Å². The number of carbonyl (C=O) groups is 3. The second kappa shape index (κ2) is 5.65. The summed E-state index contributed by atoms with van der Waals surface area (Å²) in [5, 5.41) is 10.6. The minimum atomic E-state index is -0.558. The minimum absolute atomic E-state index is 0.0618. The molecule has 2 bridgehead atoms. The maximum Gasteiger partial charge on any atom is 0.310 e. The van der Waals surface area contributed by atoms with Crippen molar-refractivity contribution in [2.75, 3.05) is 6.61 Å². The number of carbonyl (C=O) groups excluding carboxylic acids is 3. The number of hydrogen-bond donors (Lipinski definition) is 0. The van der Waals surface area contributed by atoms with Crippen molar-refractivity contribution in [3.05, 3.63) is 39.9 Å². The van der Waals surface area contributed by atoms with Gasteiger partial charge >= 0.3 is 11.9 Å². The zero-order valence-corrected chi connectivity index (χ0v) is 13.1. The van der Waals surface area contributed by atoms with Crippen molar-refractivity contribution < 1.29 is 28.8 Å². The Balaban J connectivity index is 1.38. The van der Waals surface area contributed by atoms with Crippen LogP contribution in [0.3, 0.4) is 0 Å². The largest absolute Gasteiger partial charge is 0.462 e. The fourth-order valence-electron chi connectivity index (χ4n) is 4.41. The molecule has 1 aromatic carbocycles. The number of hydrogen-bond acceptors (Lipinski definition) is 7. The van der Waals surface area contributed by atoms with Crippen LogP contribution < -0.4 is 0 Å². The molecule has 0 radical (unpaired) electrons. The molecule has 130 valence electrons. The number of benzene rings is 1. The Labute approximate surface area is 142 Å². The Bertz CT molecular complexity index is 770. The normalized spacial score (nSPS) is 31.7. The number of esters is 2. The van der Waals surface area contributed by atoms with E-state index >= 15 is 0 Å². The molecule has 0 aromatic heterocycles. The molecule has 8 nitrogen and oxygen atoms in total. The van der Waals surface area contributed by atoms with Gasteiger partial charge in [-0.3, -0.25) is 24.5 Å². The fraction of sp³-hybridized carbons (Fsp3) is 0.471. The molecule has 4 rings (SSSR count). The number of fused-ring (bicyclic) bond motifs is 1. The van der Waals surface area contributed by atoms with Crippen LogP contribution in [0.25, 0.3) is 0 Å². The monoisotopic (exact) mass is 345 g/mol. The van der Waals surface area contributed by atoms with Gasteiger partial charge in [-0.05, 0) is 30.9 Å². The van der Waals surface area contributed by atoms with E-state index in [1.807, 2.05) is 0 Å². The highest BCUT2D eigenvalue weighted by molar-refractivity contribution is 5.98. The topological polar surface area (TPSA) is 113 Å². The van der Waals surface area contributed by atoms with Gasteiger partial charge in [-0.1, -0.05) is 0 Å². The summed E-state index contributed by atoms with van der Waals surface area (Å²) < 4.78 is 10.4. The lowest BCUT2D eigenvalue weighted by Gasteiger charge is -2.22. The van der Waals surface area contributed by atoms with Crippen molar-refractivity contribution in [3.8, 4) is 0 Å². The summed E-state index contributed by atoms with van der Waals surface area (Å²) in [6, 6.07) is 5.09. The molecule has 25 heavy (non-hydrogen) atoms. The van der Waals surface area contributed by atoms with Crippen LogP contribution >= 0.6 is 0 Å². The SMILES string of the molecule is O=C(COC(=O)[C@@H]1[C@@H]2C[C@H]3[C@@H]1C(=O)O[C@@H]3C2)c1ccc([N+](=O)[O-])cc1. The van der Waals surface area contributed by atoms with Gasteiger partial charge in [-0.15, -0.1) is 0 Å². The number of ether oxygens (including phenoxy) is 2. The molecule has 1 aromatic rings. The van der Waals surface area contributed by atoms with Crippen LogP contribution in [0, 0.1) is 33.8 Å². The predicted octanol–water partition coefficient (Wildman–Crippen LogP) is 1.52. The average molecular weight is 345 g/mol. The van der Waals surface area contributed by atoms with Crippen LogP contribution in [-0.2, 0) is 19.1 Å². The highest BCUT2D eigenvalue weighted by Gasteiger charge is 2.64. The zero-order chi connectivity index (χ0) is 17.7. The lowest BCUT2D eigenvalue weighted by Crippen LogP contribution is -2.34. The smallest absolute Gasteiger partial charge is 0.310 e. The third-order valence-electron chi connectivity index (χ3n) is 5.50. The number of nitro groups is 1. The van der Waals surface area contributed by atoms with E-state index in [0.717, 1.165) is 6.42 Å². The molecular formula is C17H15NO7. The highest BCUT2D eigenvalue weighted by Crippen LogP contribution is 2.57. The third kappa shape index (κ3) is 2.48. The molecule has 3 aliphatic rings. The fourth-order valence-corrected chi connectivity index (χ4v) is 4.41. The molecule has 0 unspecified atom stereocenters. The Morgan fingerprint density at radius 1 is 1.24 bits per heavy atom. The summed E-state index contributed by atoms with van der Waals surface area (Å²) in [5.41, 5.74) is 0.108. The van der Waals surface area contributed by atoms with Crippen molar-refractivity contribution in [1.82, 2.24) is 0 Å². The van der Waals surface area contributed by atoms with Crippen molar-refractivity contribution in [1.29, 1.82) is 0 Å². The van der Waals surface area contributed by atoms with Crippen LogP contribution in [0.4, 0.5) is 5.69 Å². The Morgan fingerprint density at radius 2 is 1.96 bits per heavy atom. The molecule has 3 fully saturated rings. The average Bonchev–Trinajstić information content (AvgIpc) is 3.21. The first kappa shape index (κ1) is 15.7. The van der Waals surface area contributed by atoms with E-state index in [0.29, 0.717) is 6.42 Å². The van der Waals surface area contributed by atoms with Gasteiger partial charge in [-0.2, -0.15) is 0 Å². The number of Topliss-reactive ketones (excluding diaryl/α,β-unsaturated/α-hetero) is 1. The van der Waals surface area contributed by atoms with Crippen LogP contribution in [0.15, 0.2) is 24.3 Å². The van der Waals surface area contributed by atoms with Gasteiger partial charge in [-0.25, -0.2) is 0 Å². The Hall–Kier alpha value is -2.77. The Morgan fingerprint density at radius 3 is 2.64 bits per heavy atom. The van der Waals surface area contributed by atoms with E-state index in [4.69, 9.17) is 9.47 Å². The summed E-state index contributed by atoms with van der Waals surface area (Å²) in [6.07, 6.45) is 1.41. The molecule has 0 amide bonds. The lowest BCUT2D eigenvalue weighted by molar-refractivity contribution is -0.384. The van der Waals surface area contributed by atoms with Crippen LogP contribution in [0.5, 0.6) is 0 Å². The van der Waals surface area contributed by atoms with Crippen molar-refractivity contribution in [2.24, 2.45) is 23.7 Å². The first-order valence-electron chi connectivity index (χ1n) is 8.10. The first-order chi connectivity index (χ1) is 12.0. The minimum Gasteiger partial charge on any atom is -0.462 e. The second-order valence-corrected chi connectivity index (χ2v) is 6.76. The number of rotatable bonds is 5. The van der Waals surface area contributed by atoms with Crippen molar-refractivity contribution in [2.45, 2.75) is 18.9 Å². The summed E-state index contributed by atoms with van der Waals surface area (Å²) in [5.74, 6) is -2.11. The number of ketones is 1. The molecular weight excluding hydrogens is 330 g/mol. The highest BCUT2D eigenvalue weighted by atomic mass is 16.6. The molecule has 1 aliphatic heterocycles. The molecule has 8 heteroatoms. The maximum atomic E-state index is 12.4. The van der Waals surface area contributed by atoms with Gasteiger partial charge in [0, 0.05) is 23.6 Å². The van der Waals surface area contributed by atoms with E-state index < -0.39 is 35.1 Å². The third-order valence-corrected chi connectivity index (χ3v) is 5.50. The number of nitrogens with zero attached hydrogens (tertiary/aromatic N) is 1. The van der Waals surface area contributed by atoms with Crippen molar-refractivity contribution >= 4 is 23.4 Å². The van der Waals surface area contributed by atoms with E-state index in [2.05, 4.69) is 0 Å². The molecule has 1 saturated heterocycles. The summed E-state index contributed by atoms with van der Waals surface area (Å²) in [6.45, 7) is -0.449. The lowest BCUT2D eigenvalue weighted by atomic mass is 9.80. The second-order valence-electron chi connectivity index (χ2n) is 6.76. The van der Waals surface area contributed by atoms with Crippen molar-refractivity contribution in [3.63, 3.8) is 0 Å². The first-order valence-corrected chi connectivity index (χ1v) is 8.10. The Kier molecular flexibility index (Phi) is 3.55. The van der Waals surface area contributed by atoms with Gasteiger partial charge < -0.3 is 9.47 Å². The molecule has 0 spiro atoms. The maximum absolute atomic E-state index is 12.4. The van der Waals surface area contributed by atoms with Gasteiger partial charge in [0.15, 0.2) is 12.4 Å². The molecule has 2 saturated carbocycles. The van der Waals surface area contributed by atoms with Gasteiger partial charge in [0.05, 0.1) is 16.8 Å². The molecule has 2 aliphatic carbocycles. The van der Waals surface area contributed by atoms with E-state index in [-0.39, 0.29) is 35.2 Å². The van der Waals surface area contributed by atoms with E-state index in [1.165, 1.54) is 24.3 Å². The van der Waals surface area contributed by atoms with E-state index in [1.54, 1.807) is 0 Å². The van der Waals surface area contributed by atoms with Gasteiger partial charge in [0.25, 0.3) is 5.69 Å². The van der Waals surface area contributed by atoms with Crippen LogP contribution in [-0.4, -0.2) is 35.4 Å². The summed E-state index contributed by atoms with van der Waals surface area (Å²) >= 11 is 0. The quantitative estimate of drug-likeness (QED) is 0.344. The summed E-state index contributed by atoms with van der Waals surface area (Å²) in [7, 11) is 0. The van der Waals surface area contributed by atoms with Crippen LogP contribution in [0.2, 0.25) is 0 Å². The van der Waals surface area contributed by atoms with Crippen LogP contribution in [0.1, 0.15) is 23.2 Å². The predicted molar refractivity (Wildman–Crippen MR) is 81.5 cm³/mol. The van der Waals surface area contributed by atoms with Gasteiger partial charge in [0.1, 0.15) is 6.10 Å². The number of non-ortho nitro benzene ring substituents is 1. The van der Waals surface area contributed by atoms with Gasteiger partial charge in [0.2, 0.25) is 0 Å². The molecule has 5 atom stereocenters.